The molecule has 10 nitrogen and oxygen atoms in total. The lowest BCUT2D eigenvalue weighted by atomic mass is 10.0. The van der Waals surface area contributed by atoms with Crippen molar-refractivity contribution in [3.05, 3.63) is 52.4 Å². The van der Waals surface area contributed by atoms with Gasteiger partial charge >= 0.3 is 0 Å². The van der Waals surface area contributed by atoms with Crippen molar-refractivity contribution in [3.63, 3.8) is 0 Å². The molecule has 1 amide bonds. The summed E-state index contributed by atoms with van der Waals surface area (Å²) in [6, 6.07) is 8.91. The van der Waals surface area contributed by atoms with Crippen molar-refractivity contribution < 1.29 is 9.18 Å². The Bertz CT molecular complexity index is 1270. The van der Waals surface area contributed by atoms with Gasteiger partial charge in [0, 0.05) is 56.1 Å². The highest BCUT2D eigenvalue weighted by Crippen LogP contribution is 2.27. The van der Waals surface area contributed by atoms with Crippen molar-refractivity contribution in [2.24, 2.45) is 0 Å². The van der Waals surface area contributed by atoms with Gasteiger partial charge in [-0.2, -0.15) is 15.1 Å². The van der Waals surface area contributed by atoms with E-state index in [1.807, 2.05) is 19.1 Å². The summed E-state index contributed by atoms with van der Waals surface area (Å²) >= 11 is 5.86. The Morgan fingerprint density at radius 3 is 2.59 bits per heavy atom. The quantitative estimate of drug-likeness (QED) is 0.429. The zero-order chi connectivity index (χ0) is 26.1. The van der Waals surface area contributed by atoms with E-state index in [1.165, 1.54) is 12.1 Å². The third-order valence-electron chi connectivity index (χ3n) is 6.89. The minimum absolute atomic E-state index is 0.00448. The number of hydrogen-bond acceptors (Lipinski definition) is 8. The van der Waals surface area contributed by atoms with E-state index in [0.717, 1.165) is 24.6 Å². The maximum atomic E-state index is 14.3. The van der Waals surface area contributed by atoms with E-state index < -0.39 is 5.82 Å². The third kappa shape index (κ3) is 5.62. The number of benzene rings is 1. The zero-order valence-corrected chi connectivity index (χ0v) is 21.9. The summed E-state index contributed by atoms with van der Waals surface area (Å²) in [5.41, 5.74) is 0.954. The van der Waals surface area contributed by atoms with Crippen molar-refractivity contribution >= 4 is 40.9 Å². The number of likely N-dealkylation sites (N-methyl/N-ethyl adjacent to an activating group) is 1. The van der Waals surface area contributed by atoms with Gasteiger partial charge in [0.2, 0.25) is 5.95 Å². The fraction of sp³-hybridized carbons (Fsp3) is 0.440. The first-order valence-electron chi connectivity index (χ1n) is 12.4. The lowest BCUT2D eigenvalue weighted by molar-refractivity contribution is 0.0713. The molecule has 5 rings (SSSR count). The smallest absolute Gasteiger partial charge is 0.256 e. The number of piperidine rings is 1. The maximum Gasteiger partial charge on any atom is 0.256 e. The summed E-state index contributed by atoms with van der Waals surface area (Å²) in [7, 11) is 4.17. The Balaban J connectivity index is 1.27. The van der Waals surface area contributed by atoms with Gasteiger partial charge in [0.1, 0.15) is 11.6 Å². The second-order valence-electron chi connectivity index (χ2n) is 9.83. The number of aromatic amines is 1. The van der Waals surface area contributed by atoms with E-state index in [-0.39, 0.29) is 22.5 Å². The minimum Gasteiger partial charge on any atom is -0.353 e. The summed E-state index contributed by atoms with van der Waals surface area (Å²) in [4.78, 5) is 28.4. The molecule has 3 N–H and O–H groups in total. The fourth-order valence-corrected chi connectivity index (χ4v) is 4.73. The second kappa shape index (κ2) is 10.5. The SMILES string of the molecule is Cc1cc(Nc2cc(N3CC(N(C)C)C3)nc(NC3CCN(C(=O)c4cccc(Cl)c4F)CC3)n2)n[nH]1. The van der Waals surface area contributed by atoms with Crippen LogP contribution in [0.5, 0.6) is 0 Å². The molecule has 4 heterocycles. The van der Waals surface area contributed by atoms with Crippen molar-refractivity contribution in [2.45, 2.75) is 31.8 Å². The first kappa shape index (κ1) is 25.2. The third-order valence-corrected chi connectivity index (χ3v) is 7.18. The van der Waals surface area contributed by atoms with E-state index in [4.69, 9.17) is 16.6 Å². The molecular formula is C25H31ClFN9O. The monoisotopic (exact) mass is 527 g/mol. The summed E-state index contributed by atoms with van der Waals surface area (Å²) in [5.74, 6) is 1.68. The van der Waals surface area contributed by atoms with Gasteiger partial charge in [-0.25, -0.2) is 4.39 Å². The Labute approximate surface area is 220 Å². The Morgan fingerprint density at radius 1 is 1.16 bits per heavy atom. The molecule has 37 heavy (non-hydrogen) atoms. The van der Waals surface area contributed by atoms with E-state index in [0.29, 0.717) is 49.6 Å². The lowest BCUT2D eigenvalue weighted by Crippen LogP contribution is -2.57. The molecule has 0 saturated carbocycles. The van der Waals surface area contributed by atoms with Crippen LogP contribution in [0.1, 0.15) is 28.9 Å². The highest BCUT2D eigenvalue weighted by atomic mass is 35.5. The molecule has 0 spiro atoms. The Kier molecular flexibility index (Phi) is 7.16. The van der Waals surface area contributed by atoms with Crippen LogP contribution in [-0.2, 0) is 0 Å². The first-order chi connectivity index (χ1) is 17.8. The number of halogens is 2. The van der Waals surface area contributed by atoms with E-state index in [1.54, 1.807) is 11.0 Å². The maximum absolute atomic E-state index is 14.3. The number of hydrogen-bond donors (Lipinski definition) is 3. The van der Waals surface area contributed by atoms with Crippen LogP contribution < -0.4 is 15.5 Å². The first-order valence-corrected chi connectivity index (χ1v) is 12.7. The number of likely N-dealkylation sites (tertiary alicyclic amines) is 1. The van der Waals surface area contributed by atoms with Gasteiger partial charge in [-0.1, -0.05) is 17.7 Å². The number of rotatable bonds is 7. The summed E-state index contributed by atoms with van der Waals surface area (Å²) < 4.78 is 14.3. The number of carbonyl (C=O) groups excluding carboxylic acids is 1. The molecule has 2 fully saturated rings. The average molecular weight is 528 g/mol. The van der Waals surface area contributed by atoms with Crippen LogP contribution in [0.3, 0.4) is 0 Å². The topological polar surface area (TPSA) is 105 Å². The molecule has 0 radical (unpaired) electrons. The molecule has 0 bridgehead atoms. The van der Waals surface area contributed by atoms with Crippen molar-refractivity contribution in [1.82, 2.24) is 30.0 Å². The molecule has 2 aromatic heterocycles. The number of nitrogens with one attached hydrogen (secondary N) is 3. The number of nitrogens with zero attached hydrogens (tertiary/aromatic N) is 6. The van der Waals surface area contributed by atoms with Gasteiger partial charge < -0.3 is 25.3 Å². The molecule has 196 valence electrons. The molecule has 2 aliphatic rings. The predicted molar refractivity (Wildman–Crippen MR) is 142 cm³/mol. The molecule has 0 unspecified atom stereocenters. The summed E-state index contributed by atoms with van der Waals surface area (Å²) in [6.07, 6.45) is 1.38. The number of H-pyrrole nitrogens is 1. The number of anilines is 4. The molecule has 1 aromatic carbocycles. The van der Waals surface area contributed by atoms with Gasteiger partial charge in [-0.05, 0) is 46.0 Å². The molecule has 2 aliphatic heterocycles. The number of carbonyl (C=O) groups is 1. The second-order valence-corrected chi connectivity index (χ2v) is 10.2. The van der Waals surface area contributed by atoms with Gasteiger partial charge in [-0.15, -0.1) is 0 Å². The van der Waals surface area contributed by atoms with Crippen LogP contribution >= 0.6 is 11.6 Å². The van der Waals surface area contributed by atoms with Gasteiger partial charge in [0.05, 0.1) is 10.6 Å². The van der Waals surface area contributed by atoms with Crippen molar-refractivity contribution in [3.8, 4) is 0 Å². The van der Waals surface area contributed by atoms with Crippen molar-refractivity contribution in [2.75, 3.05) is 55.8 Å². The molecule has 2 saturated heterocycles. The van der Waals surface area contributed by atoms with Crippen LogP contribution in [0, 0.1) is 12.7 Å². The van der Waals surface area contributed by atoms with Crippen LogP contribution in [-0.4, -0.2) is 88.2 Å². The number of amides is 1. The van der Waals surface area contributed by atoms with Crippen molar-refractivity contribution in [1.29, 1.82) is 0 Å². The molecule has 0 aliphatic carbocycles. The van der Waals surface area contributed by atoms with E-state index in [9.17, 15) is 9.18 Å². The van der Waals surface area contributed by atoms with Crippen LogP contribution in [0.15, 0.2) is 30.3 Å². The van der Waals surface area contributed by atoms with Crippen LogP contribution in [0.4, 0.5) is 27.8 Å². The fourth-order valence-electron chi connectivity index (χ4n) is 4.56. The predicted octanol–water partition coefficient (Wildman–Crippen LogP) is 3.51. The summed E-state index contributed by atoms with van der Waals surface area (Å²) in [6.45, 7) is 4.72. The van der Waals surface area contributed by atoms with Gasteiger partial charge in [0.15, 0.2) is 11.6 Å². The normalized spacial score (nSPS) is 16.7. The zero-order valence-electron chi connectivity index (χ0n) is 21.1. The van der Waals surface area contributed by atoms with Gasteiger partial charge in [0.25, 0.3) is 5.91 Å². The van der Waals surface area contributed by atoms with E-state index in [2.05, 4.69) is 49.7 Å². The summed E-state index contributed by atoms with van der Waals surface area (Å²) in [5, 5.41) is 13.8. The van der Waals surface area contributed by atoms with Crippen LogP contribution in [0.25, 0.3) is 0 Å². The molecule has 12 heteroatoms. The number of aryl methyl sites for hydroxylation is 1. The molecule has 3 aromatic rings. The minimum atomic E-state index is -0.672. The average Bonchev–Trinajstić information content (AvgIpc) is 3.24. The highest BCUT2D eigenvalue weighted by Gasteiger charge is 2.31. The molecular weight excluding hydrogens is 497 g/mol. The Hall–Kier alpha value is -3.44. The molecule has 0 atom stereocenters. The van der Waals surface area contributed by atoms with Gasteiger partial charge in [-0.3, -0.25) is 9.89 Å². The number of aromatic nitrogens is 4. The highest BCUT2D eigenvalue weighted by molar-refractivity contribution is 6.31. The standard InChI is InChI=1S/C25H31ClFN9O/c1-15-11-21(33-32-15)29-20-12-22(36-13-17(14-36)34(2)3)31-25(30-20)28-16-7-9-35(10-8-16)24(37)18-5-4-6-19(26)23(18)27/h4-6,11-12,16-17H,7-10,13-14H2,1-3H3,(H3,28,29,30,31,32,33). The Morgan fingerprint density at radius 2 is 1.92 bits per heavy atom. The van der Waals surface area contributed by atoms with Crippen LogP contribution in [0.2, 0.25) is 5.02 Å². The van der Waals surface area contributed by atoms with E-state index >= 15 is 0 Å². The largest absolute Gasteiger partial charge is 0.353 e. The lowest BCUT2D eigenvalue weighted by Gasteiger charge is -2.43.